The monoisotopic (exact) mass is 403 g/mol. The standard InChI is InChI=1S/C20H15Cl2NO2S/c21-16-10-17(22)12-18(11-16)26-23-19-8-14(13-4-2-1-3-5-13)6-7-15(19)9-20(24)25/h1-8,10-12,23H,9H2,(H,24,25). The van der Waals surface area contributed by atoms with Crippen LogP contribution in [0, 0.1) is 0 Å². The van der Waals surface area contributed by atoms with Crippen molar-refractivity contribution in [2.24, 2.45) is 0 Å². The van der Waals surface area contributed by atoms with Gasteiger partial charge in [-0.3, -0.25) is 4.79 Å². The number of carboxylic acid groups (broad SMARTS) is 1. The van der Waals surface area contributed by atoms with Gasteiger partial charge >= 0.3 is 5.97 Å². The van der Waals surface area contributed by atoms with Crippen LogP contribution in [-0.4, -0.2) is 11.1 Å². The Hall–Kier alpha value is -2.14. The van der Waals surface area contributed by atoms with Crippen LogP contribution in [0.25, 0.3) is 11.1 Å². The van der Waals surface area contributed by atoms with Gasteiger partial charge in [0.2, 0.25) is 0 Å². The van der Waals surface area contributed by atoms with Gasteiger partial charge in [-0.05, 0) is 52.9 Å². The van der Waals surface area contributed by atoms with E-state index in [1.807, 2.05) is 48.5 Å². The molecule has 6 heteroatoms. The maximum Gasteiger partial charge on any atom is 0.307 e. The molecular weight excluding hydrogens is 389 g/mol. The van der Waals surface area contributed by atoms with Gasteiger partial charge in [-0.15, -0.1) is 0 Å². The van der Waals surface area contributed by atoms with Gasteiger partial charge in [-0.1, -0.05) is 65.7 Å². The van der Waals surface area contributed by atoms with E-state index in [0.29, 0.717) is 15.6 Å². The molecule has 0 amide bonds. The molecule has 0 atom stereocenters. The Morgan fingerprint density at radius 3 is 2.27 bits per heavy atom. The predicted octanol–water partition coefficient (Wildman–Crippen LogP) is 6.41. The third-order valence-electron chi connectivity index (χ3n) is 3.67. The third-order valence-corrected chi connectivity index (χ3v) is 4.90. The molecule has 26 heavy (non-hydrogen) atoms. The number of benzene rings is 3. The molecule has 2 N–H and O–H groups in total. The summed E-state index contributed by atoms with van der Waals surface area (Å²) in [5, 5.41) is 10.3. The first-order valence-electron chi connectivity index (χ1n) is 7.80. The second-order valence-corrected chi connectivity index (χ2v) is 7.37. The van der Waals surface area contributed by atoms with E-state index in [-0.39, 0.29) is 6.42 Å². The van der Waals surface area contributed by atoms with Gasteiger partial charge in [-0.2, -0.15) is 0 Å². The first kappa shape index (κ1) is 18.6. The van der Waals surface area contributed by atoms with Gasteiger partial charge in [0.05, 0.1) is 6.42 Å². The van der Waals surface area contributed by atoms with Gasteiger partial charge in [0, 0.05) is 20.6 Å². The fourth-order valence-corrected chi connectivity index (χ4v) is 3.95. The maximum atomic E-state index is 11.2. The van der Waals surface area contributed by atoms with Crippen molar-refractivity contribution in [1.29, 1.82) is 0 Å². The summed E-state index contributed by atoms with van der Waals surface area (Å²) in [6.45, 7) is 0. The summed E-state index contributed by atoms with van der Waals surface area (Å²) in [4.78, 5) is 12.0. The minimum absolute atomic E-state index is 0.0612. The molecule has 0 heterocycles. The Morgan fingerprint density at radius 2 is 1.62 bits per heavy atom. The van der Waals surface area contributed by atoms with Gasteiger partial charge in [0.25, 0.3) is 0 Å². The first-order valence-corrected chi connectivity index (χ1v) is 9.37. The maximum absolute atomic E-state index is 11.2. The number of carbonyl (C=O) groups is 1. The summed E-state index contributed by atoms with van der Waals surface area (Å²) in [5.74, 6) is -0.878. The van der Waals surface area contributed by atoms with Gasteiger partial charge in [0.1, 0.15) is 0 Å². The van der Waals surface area contributed by atoms with Crippen molar-refractivity contribution in [3.05, 3.63) is 82.3 Å². The molecule has 3 rings (SSSR count). The second kappa shape index (κ2) is 8.49. The van der Waals surface area contributed by atoms with Crippen LogP contribution in [0.1, 0.15) is 5.56 Å². The van der Waals surface area contributed by atoms with Crippen LogP contribution < -0.4 is 4.72 Å². The molecule has 0 aromatic heterocycles. The molecule has 0 unspecified atom stereocenters. The number of aliphatic carboxylic acids is 1. The van der Waals surface area contributed by atoms with E-state index in [1.54, 1.807) is 18.2 Å². The normalized spacial score (nSPS) is 10.5. The molecular formula is C20H15Cl2NO2S. The van der Waals surface area contributed by atoms with Crippen molar-refractivity contribution in [2.45, 2.75) is 11.3 Å². The fourth-order valence-electron chi connectivity index (χ4n) is 2.50. The van der Waals surface area contributed by atoms with Crippen LogP contribution >= 0.6 is 35.1 Å². The summed E-state index contributed by atoms with van der Waals surface area (Å²) in [5.41, 5.74) is 3.52. The van der Waals surface area contributed by atoms with Crippen molar-refractivity contribution in [3.63, 3.8) is 0 Å². The van der Waals surface area contributed by atoms with Crippen molar-refractivity contribution < 1.29 is 9.90 Å². The molecule has 0 spiro atoms. The SMILES string of the molecule is O=C(O)Cc1ccc(-c2ccccc2)cc1NSc1cc(Cl)cc(Cl)c1. The topological polar surface area (TPSA) is 49.3 Å². The Bertz CT molecular complexity index is 912. The smallest absolute Gasteiger partial charge is 0.307 e. The molecule has 0 saturated heterocycles. The zero-order valence-corrected chi connectivity index (χ0v) is 15.9. The Balaban J connectivity index is 1.90. The second-order valence-electron chi connectivity index (χ2n) is 5.62. The van der Waals surface area contributed by atoms with E-state index in [0.717, 1.165) is 21.7 Å². The zero-order chi connectivity index (χ0) is 18.5. The number of hydrogen-bond donors (Lipinski definition) is 2. The van der Waals surface area contributed by atoms with Crippen LogP contribution in [0.4, 0.5) is 5.69 Å². The number of carboxylic acids is 1. The Morgan fingerprint density at radius 1 is 0.923 bits per heavy atom. The average molecular weight is 404 g/mol. The van der Waals surface area contributed by atoms with Crippen LogP contribution in [0.15, 0.2) is 71.6 Å². The largest absolute Gasteiger partial charge is 0.481 e. The summed E-state index contributed by atoms with van der Waals surface area (Å²) >= 11 is 13.4. The lowest BCUT2D eigenvalue weighted by atomic mass is 10.0. The summed E-state index contributed by atoms with van der Waals surface area (Å²) in [6.07, 6.45) is -0.0612. The molecule has 0 aliphatic carbocycles. The van der Waals surface area contributed by atoms with Gasteiger partial charge < -0.3 is 9.83 Å². The molecule has 132 valence electrons. The van der Waals surface area contributed by atoms with Crippen molar-refractivity contribution >= 4 is 46.8 Å². The van der Waals surface area contributed by atoms with Crippen molar-refractivity contribution in [1.82, 2.24) is 0 Å². The zero-order valence-electron chi connectivity index (χ0n) is 13.6. The predicted molar refractivity (Wildman–Crippen MR) is 109 cm³/mol. The minimum atomic E-state index is -0.878. The van der Waals surface area contributed by atoms with Crippen molar-refractivity contribution in [3.8, 4) is 11.1 Å². The molecule has 0 fully saturated rings. The number of anilines is 1. The van der Waals surface area contributed by atoms with Gasteiger partial charge in [0.15, 0.2) is 0 Å². The number of halogens is 2. The number of nitrogens with one attached hydrogen (secondary N) is 1. The Kier molecular flexibility index (Phi) is 6.09. The first-order chi connectivity index (χ1) is 12.5. The van der Waals surface area contributed by atoms with E-state index in [2.05, 4.69) is 4.72 Å². The van der Waals surface area contributed by atoms with E-state index in [9.17, 15) is 4.79 Å². The third kappa shape index (κ3) is 4.94. The number of rotatable bonds is 6. The highest BCUT2D eigenvalue weighted by Gasteiger charge is 2.10. The average Bonchev–Trinajstić information content (AvgIpc) is 2.60. The van der Waals surface area contributed by atoms with E-state index in [4.69, 9.17) is 28.3 Å². The molecule has 0 saturated carbocycles. The van der Waals surface area contributed by atoms with Crippen LogP contribution in [0.5, 0.6) is 0 Å². The minimum Gasteiger partial charge on any atom is -0.481 e. The van der Waals surface area contributed by atoms with E-state index < -0.39 is 5.97 Å². The lowest BCUT2D eigenvalue weighted by molar-refractivity contribution is -0.136. The van der Waals surface area contributed by atoms with Crippen molar-refractivity contribution in [2.75, 3.05) is 4.72 Å². The lowest BCUT2D eigenvalue weighted by Gasteiger charge is -2.13. The summed E-state index contributed by atoms with van der Waals surface area (Å²) in [7, 11) is 0. The van der Waals surface area contributed by atoms with E-state index in [1.165, 1.54) is 11.9 Å². The molecule has 0 bridgehead atoms. The van der Waals surface area contributed by atoms with Crippen LogP contribution in [0.2, 0.25) is 10.0 Å². The lowest BCUT2D eigenvalue weighted by Crippen LogP contribution is -2.03. The molecule has 3 aromatic rings. The molecule has 3 nitrogen and oxygen atoms in total. The highest BCUT2D eigenvalue weighted by Crippen LogP contribution is 2.31. The van der Waals surface area contributed by atoms with E-state index >= 15 is 0 Å². The molecule has 3 aromatic carbocycles. The van der Waals surface area contributed by atoms with Crippen LogP contribution in [-0.2, 0) is 11.2 Å². The summed E-state index contributed by atoms with van der Waals surface area (Å²) in [6, 6.07) is 20.9. The quantitative estimate of drug-likeness (QED) is 0.467. The number of hydrogen-bond acceptors (Lipinski definition) is 3. The molecule has 0 radical (unpaired) electrons. The van der Waals surface area contributed by atoms with Crippen LogP contribution in [0.3, 0.4) is 0 Å². The fraction of sp³-hybridized carbons (Fsp3) is 0.0500. The Labute approximate surface area is 166 Å². The molecule has 0 aliphatic heterocycles. The summed E-state index contributed by atoms with van der Waals surface area (Å²) < 4.78 is 3.24. The van der Waals surface area contributed by atoms with Gasteiger partial charge in [-0.25, -0.2) is 0 Å². The highest BCUT2D eigenvalue weighted by molar-refractivity contribution is 8.00. The highest BCUT2D eigenvalue weighted by atomic mass is 35.5. The molecule has 0 aliphatic rings.